The molecule has 1 N–H and O–H groups in total. The number of nitrogens with zero attached hydrogens (tertiary/aromatic N) is 1. The Hall–Kier alpha value is -4.11. The Bertz CT molecular complexity index is 1280. The molecule has 0 saturated carbocycles. The van der Waals surface area contributed by atoms with Crippen LogP contribution in [0.25, 0.3) is 6.08 Å². The van der Waals surface area contributed by atoms with Gasteiger partial charge >= 0.3 is 12.0 Å². The number of hydrogen-bond donors (Lipinski definition) is 1. The second kappa shape index (κ2) is 9.80. The van der Waals surface area contributed by atoms with Crippen LogP contribution in [0.3, 0.4) is 0 Å². The Balaban J connectivity index is 1.52. The predicted molar refractivity (Wildman–Crippen MR) is 119 cm³/mol. The monoisotopic (exact) mass is 484 g/mol. The van der Waals surface area contributed by atoms with Crippen LogP contribution in [0.5, 0.6) is 5.75 Å². The summed E-state index contributed by atoms with van der Waals surface area (Å²) in [5.74, 6) is -1.01. The van der Waals surface area contributed by atoms with Crippen molar-refractivity contribution in [3.8, 4) is 5.75 Å². The number of nitrogens with one attached hydrogen (secondary N) is 1. The molecule has 0 unspecified atom stereocenters. The number of imide groups is 1. The van der Waals surface area contributed by atoms with Crippen LogP contribution in [0.15, 0.2) is 64.7 Å². The minimum absolute atomic E-state index is 0.0126. The van der Waals surface area contributed by atoms with Gasteiger partial charge in [-0.3, -0.25) is 9.69 Å². The van der Waals surface area contributed by atoms with Crippen LogP contribution in [-0.4, -0.2) is 29.9 Å². The van der Waals surface area contributed by atoms with Crippen molar-refractivity contribution >= 4 is 35.6 Å². The lowest BCUT2D eigenvalue weighted by molar-refractivity contribution is -0.123. The molecule has 1 aromatic heterocycles. The molecule has 0 atom stereocenters. The smallest absolute Gasteiger partial charge is 0.373 e. The van der Waals surface area contributed by atoms with Crippen molar-refractivity contribution in [3.05, 3.63) is 93.8 Å². The lowest BCUT2D eigenvalue weighted by atomic mass is 10.1. The summed E-state index contributed by atoms with van der Waals surface area (Å²) in [6, 6.07) is 12.9. The van der Waals surface area contributed by atoms with E-state index in [-0.39, 0.29) is 36.2 Å². The fraction of sp³-hybridized carbons (Fsp3) is 0.125. The topological polar surface area (TPSA) is 98.1 Å². The first kappa shape index (κ1) is 23.1. The van der Waals surface area contributed by atoms with E-state index in [0.29, 0.717) is 16.3 Å². The van der Waals surface area contributed by atoms with E-state index in [9.17, 15) is 18.8 Å². The zero-order valence-electron chi connectivity index (χ0n) is 17.8. The quantitative estimate of drug-likeness (QED) is 0.300. The van der Waals surface area contributed by atoms with Gasteiger partial charge in [-0.1, -0.05) is 23.7 Å². The fourth-order valence-electron chi connectivity index (χ4n) is 3.21. The molecule has 0 spiro atoms. The highest BCUT2D eigenvalue weighted by Gasteiger charge is 2.34. The first-order valence-electron chi connectivity index (χ1n) is 10.0. The summed E-state index contributed by atoms with van der Waals surface area (Å²) in [5.41, 5.74) is 1.22. The van der Waals surface area contributed by atoms with Crippen molar-refractivity contribution in [2.75, 3.05) is 7.11 Å². The fourth-order valence-corrected chi connectivity index (χ4v) is 3.39. The molecule has 1 saturated heterocycles. The zero-order chi connectivity index (χ0) is 24.2. The average molecular weight is 485 g/mol. The van der Waals surface area contributed by atoms with Gasteiger partial charge in [-0.05, 0) is 54.1 Å². The van der Waals surface area contributed by atoms with E-state index >= 15 is 0 Å². The number of rotatable bonds is 7. The Labute approximate surface area is 198 Å². The van der Waals surface area contributed by atoms with Crippen molar-refractivity contribution < 1.29 is 32.7 Å². The molecular formula is C24H18ClFN2O6. The second-order valence-corrected chi connectivity index (χ2v) is 7.67. The maximum Gasteiger partial charge on any atom is 0.373 e. The maximum absolute atomic E-state index is 13.1. The minimum atomic E-state index is -0.668. The normalized spacial score (nSPS) is 14.4. The van der Waals surface area contributed by atoms with Crippen LogP contribution in [0.2, 0.25) is 5.02 Å². The van der Waals surface area contributed by atoms with Crippen molar-refractivity contribution in [1.82, 2.24) is 10.2 Å². The number of benzene rings is 2. The summed E-state index contributed by atoms with van der Waals surface area (Å²) < 4.78 is 28.9. The molecule has 0 aliphatic carbocycles. The second-order valence-electron chi connectivity index (χ2n) is 7.23. The van der Waals surface area contributed by atoms with Gasteiger partial charge in [0.05, 0.1) is 13.7 Å². The van der Waals surface area contributed by atoms with Crippen molar-refractivity contribution in [3.63, 3.8) is 0 Å². The van der Waals surface area contributed by atoms with E-state index in [4.69, 9.17) is 20.8 Å². The molecule has 1 fully saturated rings. The summed E-state index contributed by atoms with van der Waals surface area (Å²) >= 11 is 6.12. The summed E-state index contributed by atoms with van der Waals surface area (Å²) in [5, 5.41) is 2.92. The van der Waals surface area contributed by atoms with Crippen LogP contribution in [-0.2, 0) is 22.7 Å². The minimum Gasteiger partial charge on any atom is -0.488 e. The SMILES string of the molecule is COC(=O)c1ccc(CN2C(=O)N/C(=C\c3cc(Cl)ccc3OCc3ccc(F)cc3)C2=O)o1. The van der Waals surface area contributed by atoms with Crippen LogP contribution in [0.1, 0.15) is 27.4 Å². The lowest BCUT2D eigenvalue weighted by Gasteiger charge is -2.11. The lowest BCUT2D eigenvalue weighted by Crippen LogP contribution is -2.30. The molecule has 3 aromatic rings. The largest absolute Gasteiger partial charge is 0.488 e. The summed E-state index contributed by atoms with van der Waals surface area (Å²) in [6.45, 7) is -0.0198. The molecule has 0 radical (unpaired) electrons. The van der Waals surface area contributed by atoms with E-state index in [2.05, 4.69) is 10.1 Å². The highest BCUT2D eigenvalue weighted by Crippen LogP contribution is 2.27. The van der Waals surface area contributed by atoms with Crippen LogP contribution in [0.4, 0.5) is 9.18 Å². The molecule has 3 amide bonds. The third-order valence-corrected chi connectivity index (χ3v) is 5.14. The molecule has 174 valence electrons. The zero-order valence-corrected chi connectivity index (χ0v) is 18.6. The highest BCUT2D eigenvalue weighted by atomic mass is 35.5. The first-order valence-corrected chi connectivity index (χ1v) is 10.4. The third kappa shape index (κ3) is 5.10. The number of hydrogen-bond acceptors (Lipinski definition) is 6. The molecule has 2 heterocycles. The van der Waals surface area contributed by atoms with E-state index in [1.165, 1.54) is 37.5 Å². The van der Waals surface area contributed by atoms with Crippen molar-refractivity contribution in [2.24, 2.45) is 0 Å². The number of urea groups is 1. The van der Waals surface area contributed by atoms with Crippen molar-refractivity contribution in [1.29, 1.82) is 0 Å². The molecule has 1 aliphatic rings. The van der Waals surface area contributed by atoms with E-state index in [1.807, 2.05) is 0 Å². The highest BCUT2D eigenvalue weighted by molar-refractivity contribution is 6.30. The van der Waals surface area contributed by atoms with Gasteiger partial charge in [0.2, 0.25) is 5.76 Å². The molecule has 1 aliphatic heterocycles. The van der Waals surface area contributed by atoms with Crippen LogP contribution < -0.4 is 10.1 Å². The Kier molecular flexibility index (Phi) is 6.65. The standard InChI is InChI=1S/C24H18ClFN2O6/c1-32-23(30)21-9-7-18(34-21)12-28-22(29)19(27-24(28)31)11-15-10-16(25)4-8-20(15)33-13-14-2-5-17(26)6-3-14/h2-11H,12-13H2,1H3,(H,27,31)/b19-11-. The molecule has 2 aromatic carbocycles. The number of carbonyl (C=O) groups is 3. The predicted octanol–water partition coefficient (Wildman–Crippen LogP) is 4.53. The average Bonchev–Trinajstić information content (AvgIpc) is 3.39. The number of carbonyl (C=O) groups excluding carboxylic acids is 3. The number of esters is 1. The Morgan fingerprint density at radius 1 is 1.15 bits per heavy atom. The van der Waals surface area contributed by atoms with Gasteiger partial charge in [0.25, 0.3) is 5.91 Å². The van der Waals surface area contributed by atoms with E-state index < -0.39 is 17.9 Å². The third-order valence-electron chi connectivity index (χ3n) is 4.90. The number of furan rings is 1. The van der Waals surface area contributed by atoms with E-state index in [0.717, 1.165) is 10.5 Å². The number of methoxy groups -OCH3 is 1. The van der Waals surface area contributed by atoms with Crippen molar-refractivity contribution in [2.45, 2.75) is 13.2 Å². The maximum atomic E-state index is 13.1. The first-order chi connectivity index (χ1) is 16.3. The molecule has 10 heteroatoms. The molecule has 34 heavy (non-hydrogen) atoms. The van der Waals surface area contributed by atoms with Gasteiger partial charge in [0, 0.05) is 10.6 Å². The van der Waals surface area contributed by atoms with Crippen LogP contribution in [0, 0.1) is 5.82 Å². The summed E-state index contributed by atoms with van der Waals surface area (Å²) in [4.78, 5) is 37.8. The molecule has 4 rings (SSSR count). The number of amides is 3. The van der Waals surface area contributed by atoms with Crippen LogP contribution >= 0.6 is 11.6 Å². The number of ether oxygens (including phenoxy) is 2. The Morgan fingerprint density at radius 2 is 1.91 bits per heavy atom. The molecular weight excluding hydrogens is 467 g/mol. The van der Waals surface area contributed by atoms with Gasteiger partial charge in [0.1, 0.15) is 29.6 Å². The van der Waals surface area contributed by atoms with Gasteiger partial charge < -0.3 is 19.2 Å². The van der Waals surface area contributed by atoms with Gasteiger partial charge in [-0.25, -0.2) is 14.0 Å². The molecule has 8 nitrogen and oxygen atoms in total. The van der Waals surface area contributed by atoms with Gasteiger partial charge in [0.15, 0.2) is 0 Å². The summed E-state index contributed by atoms with van der Waals surface area (Å²) in [6.07, 6.45) is 1.45. The number of halogens is 2. The Morgan fingerprint density at radius 3 is 2.65 bits per heavy atom. The van der Waals surface area contributed by atoms with E-state index in [1.54, 1.807) is 30.3 Å². The van der Waals surface area contributed by atoms with Gasteiger partial charge in [-0.15, -0.1) is 0 Å². The molecule has 0 bridgehead atoms. The summed E-state index contributed by atoms with van der Waals surface area (Å²) in [7, 11) is 1.21. The van der Waals surface area contributed by atoms with Gasteiger partial charge in [-0.2, -0.15) is 0 Å².